The van der Waals surface area contributed by atoms with Gasteiger partial charge >= 0.3 is 21.7 Å². The topological polar surface area (TPSA) is 20.2 Å². The maximum atomic E-state index is 8.92. The van der Waals surface area contributed by atoms with Crippen LogP contribution >= 0.6 is 0 Å². The summed E-state index contributed by atoms with van der Waals surface area (Å²) in [6, 6.07) is 7.25. The Kier molecular flexibility index (Phi) is 3.59. The average Bonchev–Trinajstić information content (AvgIpc) is 1.77. The summed E-state index contributed by atoms with van der Waals surface area (Å²) in [5.74, 6) is 0.368. The molecule has 0 saturated heterocycles. The standard InChI is InChI=1S/C7H8O.Ti/c1-6-4-2-3-5-7(6)8;/h2-5,8H,1H3;/q;+4. The number of hydrogen-bond donors (Lipinski definition) is 1. The van der Waals surface area contributed by atoms with Crippen LogP contribution in [-0.2, 0) is 21.7 Å². The van der Waals surface area contributed by atoms with E-state index in [1.54, 1.807) is 6.07 Å². The van der Waals surface area contributed by atoms with Crippen molar-refractivity contribution in [3.8, 4) is 5.75 Å². The summed E-state index contributed by atoms with van der Waals surface area (Å²) in [7, 11) is 0. The SMILES string of the molecule is Cc1ccccc1O.[Ti+4]. The number of phenolic OH excluding ortho intramolecular Hbond substituents is 1. The summed E-state index contributed by atoms with van der Waals surface area (Å²) < 4.78 is 0. The van der Waals surface area contributed by atoms with Crippen molar-refractivity contribution in [2.24, 2.45) is 0 Å². The van der Waals surface area contributed by atoms with Crippen LogP contribution in [0.1, 0.15) is 5.56 Å². The van der Waals surface area contributed by atoms with Gasteiger partial charge in [0.1, 0.15) is 5.75 Å². The fraction of sp³-hybridized carbons (Fsp3) is 0.143. The maximum Gasteiger partial charge on any atom is 4.00 e. The molecule has 0 aliphatic carbocycles. The van der Waals surface area contributed by atoms with Crippen LogP contribution in [0.5, 0.6) is 5.75 Å². The van der Waals surface area contributed by atoms with Crippen LogP contribution in [0.25, 0.3) is 0 Å². The van der Waals surface area contributed by atoms with Gasteiger partial charge in [-0.1, -0.05) is 18.2 Å². The second-order valence-corrected chi connectivity index (χ2v) is 1.79. The number of phenols is 1. The van der Waals surface area contributed by atoms with E-state index in [4.69, 9.17) is 5.11 Å². The summed E-state index contributed by atoms with van der Waals surface area (Å²) in [4.78, 5) is 0. The van der Waals surface area contributed by atoms with E-state index < -0.39 is 0 Å². The molecule has 0 spiro atoms. The van der Waals surface area contributed by atoms with Gasteiger partial charge in [-0.15, -0.1) is 0 Å². The smallest absolute Gasteiger partial charge is 0.508 e. The molecule has 0 amide bonds. The third kappa shape index (κ3) is 2.21. The minimum Gasteiger partial charge on any atom is -0.508 e. The van der Waals surface area contributed by atoms with Gasteiger partial charge < -0.3 is 5.11 Å². The van der Waals surface area contributed by atoms with Gasteiger partial charge in [0, 0.05) is 0 Å². The number of benzene rings is 1. The molecule has 0 unspecified atom stereocenters. The number of rotatable bonds is 0. The zero-order valence-corrected chi connectivity index (χ0v) is 6.82. The summed E-state index contributed by atoms with van der Waals surface area (Å²) in [6.07, 6.45) is 0. The molecule has 0 saturated carbocycles. The molecule has 1 nitrogen and oxygen atoms in total. The van der Waals surface area contributed by atoms with Crippen molar-refractivity contribution in [1.82, 2.24) is 0 Å². The second-order valence-electron chi connectivity index (χ2n) is 1.79. The monoisotopic (exact) mass is 156 g/mol. The van der Waals surface area contributed by atoms with E-state index in [0.717, 1.165) is 5.56 Å². The van der Waals surface area contributed by atoms with Crippen LogP contribution in [0.3, 0.4) is 0 Å². The van der Waals surface area contributed by atoms with Gasteiger partial charge in [0.2, 0.25) is 0 Å². The zero-order chi connectivity index (χ0) is 5.98. The minimum atomic E-state index is 0. The fourth-order valence-corrected chi connectivity index (χ4v) is 0.563. The molecule has 1 aromatic rings. The molecule has 1 N–H and O–H groups in total. The van der Waals surface area contributed by atoms with Gasteiger partial charge in [-0.2, -0.15) is 0 Å². The Hall–Kier alpha value is -0.266. The van der Waals surface area contributed by atoms with Crippen molar-refractivity contribution in [2.45, 2.75) is 6.92 Å². The Morgan fingerprint density at radius 1 is 1.22 bits per heavy atom. The predicted molar refractivity (Wildman–Crippen MR) is 32.8 cm³/mol. The van der Waals surface area contributed by atoms with E-state index >= 15 is 0 Å². The summed E-state index contributed by atoms with van der Waals surface area (Å²) >= 11 is 0. The fourth-order valence-electron chi connectivity index (χ4n) is 0.563. The van der Waals surface area contributed by atoms with E-state index in [1.165, 1.54) is 0 Å². The molecule has 0 atom stereocenters. The van der Waals surface area contributed by atoms with E-state index in [0.29, 0.717) is 5.75 Å². The van der Waals surface area contributed by atoms with Crippen molar-refractivity contribution in [3.05, 3.63) is 29.8 Å². The Morgan fingerprint density at radius 3 is 2.11 bits per heavy atom. The molecule has 0 aliphatic heterocycles. The molecule has 0 fully saturated rings. The van der Waals surface area contributed by atoms with E-state index in [-0.39, 0.29) is 21.7 Å². The van der Waals surface area contributed by atoms with Gasteiger partial charge in [-0.3, -0.25) is 0 Å². The number of aromatic hydroxyl groups is 1. The van der Waals surface area contributed by atoms with Crippen LogP contribution in [-0.4, -0.2) is 5.11 Å². The molecule has 1 rings (SSSR count). The van der Waals surface area contributed by atoms with Gasteiger partial charge in [0.15, 0.2) is 0 Å². The molecule has 0 aromatic heterocycles. The molecule has 1 aromatic carbocycles. The third-order valence-electron chi connectivity index (χ3n) is 1.12. The van der Waals surface area contributed by atoms with Crippen LogP contribution in [0.15, 0.2) is 24.3 Å². The van der Waals surface area contributed by atoms with Crippen LogP contribution in [0.2, 0.25) is 0 Å². The minimum absolute atomic E-state index is 0. The molecule has 0 heterocycles. The molecule has 0 aliphatic rings. The molecule has 42 valence electrons. The van der Waals surface area contributed by atoms with Crippen LogP contribution in [0, 0.1) is 6.92 Å². The second kappa shape index (κ2) is 3.70. The summed E-state index contributed by atoms with van der Waals surface area (Å²) in [5, 5.41) is 8.92. The van der Waals surface area contributed by atoms with Crippen molar-refractivity contribution >= 4 is 0 Å². The Morgan fingerprint density at radius 2 is 1.78 bits per heavy atom. The van der Waals surface area contributed by atoms with E-state index in [9.17, 15) is 0 Å². The van der Waals surface area contributed by atoms with E-state index in [2.05, 4.69) is 0 Å². The molecule has 0 bridgehead atoms. The first-order valence-corrected chi connectivity index (χ1v) is 2.55. The van der Waals surface area contributed by atoms with Crippen molar-refractivity contribution in [3.63, 3.8) is 0 Å². The normalized spacial score (nSPS) is 8.11. The zero-order valence-electron chi connectivity index (χ0n) is 5.26. The molecular formula is C7H8OTi+4. The number of aryl methyl sites for hydroxylation is 1. The molecule has 2 heteroatoms. The largest absolute Gasteiger partial charge is 4.00 e. The van der Waals surface area contributed by atoms with Gasteiger partial charge in [-0.25, -0.2) is 0 Å². The summed E-state index contributed by atoms with van der Waals surface area (Å²) in [5.41, 5.74) is 0.924. The van der Waals surface area contributed by atoms with Crippen molar-refractivity contribution in [2.75, 3.05) is 0 Å². The third-order valence-corrected chi connectivity index (χ3v) is 1.12. The first-order chi connectivity index (χ1) is 3.80. The van der Waals surface area contributed by atoms with Crippen LogP contribution < -0.4 is 0 Å². The molecule has 9 heavy (non-hydrogen) atoms. The van der Waals surface area contributed by atoms with Crippen molar-refractivity contribution < 1.29 is 26.8 Å². The molecular weight excluding hydrogens is 148 g/mol. The number of para-hydroxylation sites is 1. The number of hydrogen-bond acceptors (Lipinski definition) is 1. The van der Waals surface area contributed by atoms with Crippen LogP contribution in [0.4, 0.5) is 0 Å². The summed E-state index contributed by atoms with van der Waals surface area (Å²) in [6.45, 7) is 1.87. The maximum absolute atomic E-state index is 8.92. The van der Waals surface area contributed by atoms with E-state index in [1.807, 2.05) is 25.1 Å². The first-order valence-electron chi connectivity index (χ1n) is 2.55. The van der Waals surface area contributed by atoms with Gasteiger partial charge in [0.25, 0.3) is 0 Å². The average molecular weight is 156 g/mol. The Labute approximate surface area is 69.6 Å². The molecule has 0 radical (unpaired) electrons. The van der Waals surface area contributed by atoms with Gasteiger partial charge in [-0.05, 0) is 18.6 Å². The first kappa shape index (κ1) is 8.73. The predicted octanol–water partition coefficient (Wildman–Crippen LogP) is 1.70. The van der Waals surface area contributed by atoms with Crippen molar-refractivity contribution in [1.29, 1.82) is 0 Å². The Bertz CT molecular complexity index is 165. The quantitative estimate of drug-likeness (QED) is 0.566. The van der Waals surface area contributed by atoms with Gasteiger partial charge in [0.05, 0.1) is 0 Å². The Balaban J connectivity index is 0.000000640.